The third kappa shape index (κ3) is 3.48. The fourth-order valence-electron chi connectivity index (χ4n) is 2.49. The van der Waals surface area contributed by atoms with Crippen LogP contribution in [0.5, 0.6) is 0 Å². The van der Waals surface area contributed by atoms with Crippen LogP contribution < -0.4 is 16.4 Å². The molecule has 2 aliphatic rings. The van der Waals surface area contributed by atoms with E-state index in [0.29, 0.717) is 30.6 Å². The van der Waals surface area contributed by atoms with Gasteiger partial charge in [0.05, 0.1) is 5.56 Å². The minimum Gasteiger partial charge on any atom is -0.366 e. The molecule has 0 radical (unpaired) electrons. The predicted molar refractivity (Wildman–Crippen MR) is 78.1 cm³/mol. The number of ketones is 1. The summed E-state index contributed by atoms with van der Waals surface area (Å²) in [5.74, 6) is 0.579. The number of Topliss-reactive ketones (excluding diaryl/α,β-unsaturated/α-hetero) is 1. The molecule has 1 amide bonds. The molecule has 1 aromatic rings. The van der Waals surface area contributed by atoms with E-state index < -0.39 is 5.91 Å². The molecule has 2 saturated carbocycles. The zero-order valence-corrected chi connectivity index (χ0v) is 11.8. The second kappa shape index (κ2) is 5.67. The summed E-state index contributed by atoms with van der Waals surface area (Å²) in [7, 11) is 0. The van der Waals surface area contributed by atoms with Crippen LogP contribution in [0.2, 0.25) is 0 Å². The molecule has 2 aliphatic carbocycles. The molecule has 21 heavy (non-hydrogen) atoms. The smallest absolute Gasteiger partial charge is 0.254 e. The van der Waals surface area contributed by atoms with E-state index >= 15 is 0 Å². The van der Waals surface area contributed by atoms with Crippen molar-refractivity contribution in [3.8, 4) is 0 Å². The zero-order valence-electron chi connectivity index (χ0n) is 11.8. The first-order valence-corrected chi connectivity index (χ1v) is 7.33. The van der Waals surface area contributed by atoms with Crippen LogP contribution in [-0.4, -0.2) is 33.7 Å². The fraction of sp³-hybridized carbons (Fsp3) is 0.571. The SMILES string of the molecule is NC(=O)c1cnc(NC2CC2)nc1N[C@@H]1CCCC(=O)C1. The van der Waals surface area contributed by atoms with Crippen LogP contribution >= 0.6 is 0 Å². The Morgan fingerprint density at radius 2 is 2.05 bits per heavy atom. The van der Waals surface area contributed by atoms with Crippen molar-refractivity contribution in [2.24, 2.45) is 5.73 Å². The largest absolute Gasteiger partial charge is 0.366 e. The van der Waals surface area contributed by atoms with E-state index in [0.717, 1.165) is 25.7 Å². The van der Waals surface area contributed by atoms with Gasteiger partial charge >= 0.3 is 0 Å². The lowest BCUT2D eigenvalue weighted by Gasteiger charge is -2.23. The minimum absolute atomic E-state index is 0.00743. The summed E-state index contributed by atoms with van der Waals surface area (Å²) in [5.41, 5.74) is 5.62. The van der Waals surface area contributed by atoms with Gasteiger partial charge in [-0.05, 0) is 25.7 Å². The number of nitrogens with one attached hydrogen (secondary N) is 2. The first kappa shape index (κ1) is 13.8. The number of aromatic nitrogens is 2. The number of rotatable bonds is 5. The molecule has 0 bridgehead atoms. The summed E-state index contributed by atoms with van der Waals surface area (Å²) in [4.78, 5) is 31.5. The number of carbonyl (C=O) groups is 2. The quantitative estimate of drug-likeness (QED) is 0.748. The lowest BCUT2D eigenvalue weighted by Crippen LogP contribution is -2.29. The number of amides is 1. The van der Waals surface area contributed by atoms with Gasteiger partial charge in [-0.25, -0.2) is 4.98 Å². The Hall–Kier alpha value is -2.18. The standard InChI is InChI=1S/C14H19N5O2/c15-12(21)11-7-16-14(18-8-4-5-8)19-13(11)17-9-2-1-3-10(20)6-9/h7-9H,1-6H2,(H2,15,21)(H2,16,17,18,19)/t9-/m1/s1. The van der Waals surface area contributed by atoms with Crippen molar-refractivity contribution in [2.75, 3.05) is 10.6 Å². The summed E-state index contributed by atoms with van der Waals surface area (Å²) < 4.78 is 0. The van der Waals surface area contributed by atoms with E-state index in [-0.39, 0.29) is 17.4 Å². The van der Waals surface area contributed by atoms with Crippen molar-refractivity contribution < 1.29 is 9.59 Å². The first-order valence-electron chi connectivity index (χ1n) is 7.33. The number of nitrogens with zero attached hydrogens (tertiary/aromatic N) is 2. The topological polar surface area (TPSA) is 110 Å². The molecule has 0 aromatic carbocycles. The highest BCUT2D eigenvalue weighted by atomic mass is 16.1. The molecule has 7 nitrogen and oxygen atoms in total. The number of carbonyl (C=O) groups excluding carboxylic acids is 2. The molecular formula is C14H19N5O2. The summed E-state index contributed by atoms with van der Waals surface area (Å²) in [6.07, 6.45) is 6.52. The van der Waals surface area contributed by atoms with Crippen molar-refractivity contribution in [1.29, 1.82) is 0 Å². The molecule has 1 heterocycles. The van der Waals surface area contributed by atoms with E-state index in [4.69, 9.17) is 5.73 Å². The lowest BCUT2D eigenvalue weighted by atomic mass is 9.94. The average molecular weight is 289 g/mol. The van der Waals surface area contributed by atoms with Crippen molar-refractivity contribution in [3.63, 3.8) is 0 Å². The second-order valence-electron chi connectivity index (χ2n) is 5.72. The molecule has 0 saturated heterocycles. The zero-order chi connectivity index (χ0) is 14.8. The number of hydrogen-bond donors (Lipinski definition) is 3. The van der Waals surface area contributed by atoms with Gasteiger partial charge in [-0.1, -0.05) is 0 Å². The highest BCUT2D eigenvalue weighted by Gasteiger charge is 2.24. The van der Waals surface area contributed by atoms with Gasteiger partial charge in [-0.2, -0.15) is 4.98 Å². The summed E-state index contributed by atoms with van der Waals surface area (Å²) in [6, 6.07) is 0.432. The molecule has 4 N–H and O–H groups in total. The van der Waals surface area contributed by atoms with Gasteiger partial charge in [0, 0.05) is 31.1 Å². The Balaban J connectivity index is 1.79. The Bertz CT molecular complexity index is 570. The third-order valence-electron chi connectivity index (χ3n) is 3.79. The van der Waals surface area contributed by atoms with Crippen molar-refractivity contribution in [3.05, 3.63) is 11.8 Å². The van der Waals surface area contributed by atoms with Gasteiger partial charge in [0.1, 0.15) is 11.6 Å². The van der Waals surface area contributed by atoms with Gasteiger partial charge in [0.25, 0.3) is 5.91 Å². The third-order valence-corrected chi connectivity index (χ3v) is 3.79. The van der Waals surface area contributed by atoms with E-state index in [9.17, 15) is 9.59 Å². The van der Waals surface area contributed by atoms with Crippen LogP contribution in [0.1, 0.15) is 48.9 Å². The number of anilines is 2. The summed E-state index contributed by atoms with van der Waals surface area (Å²) >= 11 is 0. The maximum atomic E-state index is 11.5. The molecule has 0 unspecified atom stereocenters. The van der Waals surface area contributed by atoms with Gasteiger partial charge in [-0.3, -0.25) is 9.59 Å². The van der Waals surface area contributed by atoms with Crippen molar-refractivity contribution in [1.82, 2.24) is 9.97 Å². The Kier molecular flexibility index (Phi) is 3.72. The molecule has 112 valence electrons. The summed E-state index contributed by atoms with van der Waals surface area (Å²) in [5, 5.41) is 6.37. The maximum Gasteiger partial charge on any atom is 0.254 e. The van der Waals surface area contributed by atoms with Crippen LogP contribution in [0.4, 0.5) is 11.8 Å². The van der Waals surface area contributed by atoms with E-state index in [2.05, 4.69) is 20.6 Å². The molecule has 1 atom stereocenters. The van der Waals surface area contributed by atoms with Gasteiger partial charge < -0.3 is 16.4 Å². The lowest BCUT2D eigenvalue weighted by molar-refractivity contribution is -0.120. The maximum absolute atomic E-state index is 11.5. The minimum atomic E-state index is -0.572. The highest BCUT2D eigenvalue weighted by molar-refractivity contribution is 5.97. The van der Waals surface area contributed by atoms with Gasteiger partial charge in [0.15, 0.2) is 0 Å². The molecule has 7 heteroatoms. The number of hydrogen-bond acceptors (Lipinski definition) is 6. The Morgan fingerprint density at radius 3 is 2.71 bits per heavy atom. The van der Waals surface area contributed by atoms with Crippen LogP contribution in [0.3, 0.4) is 0 Å². The molecule has 2 fully saturated rings. The average Bonchev–Trinajstić information content (AvgIpc) is 3.22. The van der Waals surface area contributed by atoms with Crippen LogP contribution in [0.25, 0.3) is 0 Å². The molecular weight excluding hydrogens is 270 g/mol. The van der Waals surface area contributed by atoms with E-state index in [1.165, 1.54) is 6.20 Å². The Labute approximate surface area is 122 Å². The van der Waals surface area contributed by atoms with E-state index in [1.54, 1.807) is 0 Å². The van der Waals surface area contributed by atoms with Crippen LogP contribution in [0.15, 0.2) is 6.20 Å². The van der Waals surface area contributed by atoms with Crippen LogP contribution in [0, 0.1) is 0 Å². The molecule has 1 aromatic heterocycles. The first-order chi connectivity index (χ1) is 10.1. The number of nitrogens with two attached hydrogens (primary N) is 1. The van der Waals surface area contributed by atoms with Gasteiger partial charge in [0.2, 0.25) is 5.95 Å². The van der Waals surface area contributed by atoms with Gasteiger partial charge in [-0.15, -0.1) is 0 Å². The fourth-order valence-corrected chi connectivity index (χ4v) is 2.49. The van der Waals surface area contributed by atoms with E-state index in [1.807, 2.05) is 0 Å². The van der Waals surface area contributed by atoms with Crippen molar-refractivity contribution >= 4 is 23.5 Å². The molecule has 0 aliphatic heterocycles. The highest BCUT2D eigenvalue weighted by Crippen LogP contribution is 2.25. The monoisotopic (exact) mass is 289 g/mol. The summed E-state index contributed by atoms with van der Waals surface area (Å²) in [6.45, 7) is 0. The molecule has 0 spiro atoms. The Morgan fingerprint density at radius 1 is 1.24 bits per heavy atom. The molecule has 3 rings (SSSR count). The van der Waals surface area contributed by atoms with Crippen molar-refractivity contribution in [2.45, 2.75) is 50.6 Å². The normalized spacial score (nSPS) is 21.9. The predicted octanol–water partition coefficient (Wildman–Crippen LogP) is 1.07. The number of primary amides is 1. The second-order valence-corrected chi connectivity index (χ2v) is 5.72. The van der Waals surface area contributed by atoms with Crippen LogP contribution in [-0.2, 0) is 4.79 Å².